The van der Waals surface area contributed by atoms with Crippen molar-refractivity contribution in [2.75, 3.05) is 0 Å². The van der Waals surface area contributed by atoms with Gasteiger partial charge in [0.15, 0.2) is 0 Å². The van der Waals surface area contributed by atoms with Gasteiger partial charge in [-0.25, -0.2) is 8.78 Å². The first-order valence-electron chi connectivity index (χ1n) is 7.59. The van der Waals surface area contributed by atoms with E-state index in [1.807, 2.05) is 0 Å². The van der Waals surface area contributed by atoms with Crippen molar-refractivity contribution in [1.29, 1.82) is 5.26 Å². The van der Waals surface area contributed by atoms with Crippen LogP contribution < -0.4 is 0 Å². The highest BCUT2D eigenvalue weighted by Crippen LogP contribution is 2.35. The number of aryl methyl sites for hydroxylation is 1. The molecule has 0 fully saturated rings. The van der Waals surface area contributed by atoms with E-state index in [4.69, 9.17) is 5.26 Å². The van der Waals surface area contributed by atoms with Crippen LogP contribution in [0.15, 0.2) is 54.6 Å². The molecular formula is C21H13F2NO. The number of aldehydes is 1. The Morgan fingerprint density at radius 2 is 1.64 bits per heavy atom. The Kier molecular flexibility index (Phi) is 4.40. The number of hydrogen-bond donors (Lipinski definition) is 0. The van der Waals surface area contributed by atoms with Gasteiger partial charge >= 0.3 is 0 Å². The van der Waals surface area contributed by atoms with Crippen molar-refractivity contribution in [2.45, 2.75) is 6.92 Å². The molecule has 0 amide bonds. The highest BCUT2D eigenvalue weighted by atomic mass is 19.1. The van der Waals surface area contributed by atoms with Crippen LogP contribution in [-0.2, 0) is 0 Å². The van der Waals surface area contributed by atoms with Gasteiger partial charge in [-0.15, -0.1) is 0 Å². The first kappa shape index (κ1) is 16.5. The summed E-state index contributed by atoms with van der Waals surface area (Å²) in [6.07, 6.45) is 0.679. The summed E-state index contributed by atoms with van der Waals surface area (Å²) in [5.74, 6) is -1.05. The van der Waals surface area contributed by atoms with Gasteiger partial charge < -0.3 is 0 Å². The quantitative estimate of drug-likeness (QED) is 0.611. The Balaban J connectivity index is 2.26. The molecule has 0 aliphatic carbocycles. The van der Waals surface area contributed by atoms with E-state index in [2.05, 4.69) is 0 Å². The Morgan fingerprint density at radius 3 is 2.28 bits per heavy atom. The van der Waals surface area contributed by atoms with Crippen LogP contribution in [0, 0.1) is 29.9 Å². The zero-order valence-electron chi connectivity index (χ0n) is 13.4. The van der Waals surface area contributed by atoms with Gasteiger partial charge in [0.25, 0.3) is 0 Å². The molecule has 0 atom stereocenters. The van der Waals surface area contributed by atoms with Gasteiger partial charge in [-0.1, -0.05) is 30.3 Å². The molecule has 0 aromatic heterocycles. The summed E-state index contributed by atoms with van der Waals surface area (Å²) in [4.78, 5) is 11.1. The van der Waals surface area contributed by atoms with Crippen LogP contribution in [0.2, 0.25) is 0 Å². The van der Waals surface area contributed by atoms with E-state index in [9.17, 15) is 13.6 Å². The molecule has 0 heterocycles. The number of nitriles is 1. The Bertz CT molecular complexity index is 1020. The molecule has 2 nitrogen and oxygen atoms in total. The minimum absolute atomic E-state index is 0.0710. The fourth-order valence-corrected chi connectivity index (χ4v) is 2.72. The minimum atomic E-state index is -0.660. The number of nitrogens with zero attached hydrogens (tertiary/aromatic N) is 1. The van der Waals surface area contributed by atoms with Gasteiger partial charge in [-0.05, 0) is 53.4 Å². The summed E-state index contributed by atoms with van der Waals surface area (Å²) < 4.78 is 28.4. The van der Waals surface area contributed by atoms with Crippen molar-refractivity contribution in [3.8, 4) is 28.3 Å². The van der Waals surface area contributed by atoms with Crippen LogP contribution in [0.3, 0.4) is 0 Å². The molecule has 3 aromatic carbocycles. The first-order chi connectivity index (χ1) is 12.0. The highest BCUT2D eigenvalue weighted by Gasteiger charge is 2.14. The van der Waals surface area contributed by atoms with Crippen molar-refractivity contribution in [1.82, 2.24) is 0 Å². The SMILES string of the molecule is Cc1ccc(-c2ccc(C=O)cc2-c2ccc(C#N)c(F)c2)c(F)c1. The molecule has 0 aliphatic heterocycles. The predicted molar refractivity (Wildman–Crippen MR) is 92.1 cm³/mol. The second-order valence-electron chi connectivity index (χ2n) is 5.71. The number of halogens is 2. The molecule has 3 aromatic rings. The summed E-state index contributed by atoms with van der Waals surface area (Å²) in [5.41, 5.74) is 3.02. The van der Waals surface area contributed by atoms with Gasteiger partial charge in [0.1, 0.15) is 24.0 Å². The third kappa shape index (κ3) is 3.17. The van der Waals surface area contributed by atoms with Crippen molar-refractivity contribution in [3.63, 3.8) is 0 Å². The molecule has 4 heteroatoms. The standard InChI is InChI=1S/C21H13F2NO/c1-13-2-6-18(21(23)8-13)17-7-3-14(12-25)9-19(17)15-4-5-16(11-24)20(22)10-15/h2-10,12H,1H3. The summed E-state index contributed by atoms with van der Waals surface area (Å²) in [7, 11) is 0. The van der Waals surface area contributed by atoms with Crippen LogP contribution in [0.25, 0.3) is 22.3 Å². The van der Waals surface area contributed by atoms with E-state index in [0.717, 1.165) is 5.56 Å². The lowest BCUT2D eigenvalue weighted by molar-refractivity contribution is 0.112. The second kappa shape index (κ2) is 6.66. The maximum Gasteiger partial charge on any atom is 0.150 e. The van der Waals surface area contributed by atoms with Crippen molar-refractivity contribution < 1.29 is 13.6 Å². The summed E-state index contributed by atoms with van der Waals surface area (Å²) in [6, 6.07) is 15.6. The van der Waals surface area contributed by atoms with E-state index >= 15 is 0 Å². The molecule has 0 unspecified atom stereocenters. The van der Waals surface area contributed by atoms with E-state index in [0.29, 0.717) is 34.1 Å². The molecule has 0 radical (unpaired) electrons. The summed E-state index contributed by atoms with van der Waals surface area (Å²) in [6.45, 7) is 1.79. The van der Waals surface area contributed by atoms with Gasteiger partial charge in [0.05, 0.1) is 5.56 Å². The second-order valence-corrected chi connectivity index (χ2v) is 5.71. The lowest BCUT2D eigenvalue weighted by Gasteiger charge is -2.13. The lowest BCUT2D eigenvalue weighted by atomic mass is 9.92. The lowest BCUT2D eigenvalue weighted by Crippen LogP contribution is -1.93. The molecule has 122 valence electrons. The molecule has 0 saturated heterocycles. The minimum Gasteiger partial charge on any atom is -0.298 e. The average molecular weight is 333 g/mol. The maximum absolute atomic E-state index is 14.4. The number of benzene rings is 3. The van der Waals surface area contributed by atoms with Crippen LogP contribution in [0.1, 0.15) is 21.5 Å². The third-order valence-corrected chi connectivity index (χ3v) is 4.00. The van der Waals surface area contributed by atoms with Crippen LogP contribution in [0.4, 0.5) is 8.78 Å². The van der Waals surface area contributed by atoms with Gasteiger partial charge in [0.2, 0.25) is 0 Å². The zero-order valence-corrected chi connectivity index (χ0v) is 13.4. The fourth-order valence-electron chi connectivity index (χ4n) is 2.72. The summed E-state index contributed by atoms with van der Waals surface area (Å²) in [5, 5.41) is 8.87. The number of rotatable bonds is 3. The fraction of sp³-hybridized carbons (Fsp3) is 0.0476. The topological polar surface area (TPSA) is 40.9 Å². The average Bonchev–Trinajstić information content (AvgIpc) is 2.61. The predicted octanol–water partition coefficient (Wildman–Crippen LogP) is 5.29. The number of hydrogen-bond acceptors (Lipinski definition) is 2. The first-order valence-corrected chi connectivity index (χ1v) is 7.59. The monoisotopic (exact) mass is 333 g/mol. The Hall–Kier alpha value is -3.32. The molecule has 0 spiro atoms. The molecule has 0 N–H and O–H groups in total. The van der Waals surface area contributed by atoms with E-state index in [1.165, 1.54) is 18.2 Å². The van der Waals surface area contributed by atoms with E-state index < -0.39 is 11.6 Å². The van der Waals surface area contributed by atoms with Crippen LogP contribution >= 0.6 is 0 Å². The summed E-state index contributed by atoms with van der Waals surface area (Å²) >= 11 is 0. The number of carbonyl (C=O) groups excluding carboxylic acids is 1. The molecular weight excluding hydrogens is 320 g/mol. The van der Waals surface area contributed by atoms with Gasteiger partial charge in [-0.2, -0.15) is 5.26 Å². The maximum atomic E-state index is 14.4. The van der Waals surface area contributed by atoms with Gasteiger partial charge in [0, 0.05) is 11.1 Å². The Labute approximate surface area is 144 Å². The zero-order chi connectivity index (χ0) is 18.0. The highest BCUT2D eigenvalue weighted by molar-refractivity contribution is 5.88. The Morgan fingerprint density at radius 1 is 0.880 bits per heavy atom. The molecule has 0 aliphatic rings. The van der Waals surface area contributed by atoms with Crippen molar-refractivity contribution in [3.05, 3.63) is 82.9 Å². The van der Waals surface area contributed by atoms with E-state index in [-0.39, 0.29) is 5.56 Å². The van der Waals surface area contributed by atoms with Crippen LogP contribution in [-0.4, -0.2) is 6.29 Å². The normalized spacial score (nSPS) is 10.3. The van der Waals surface area contributed by atoms with Crippen LogP contribution in [0.5, 0.6) is 0 Å². The van der Waals surface area contributed by atoms with Gasteiger partial charge in [-0.3, -0.25) is 4.79 Å². The number of carbonyl (C=O) groups is 1. The molecule has 3 rings (SSSR count). The van der Waals surface area contributed by atoms with E-state index in [1.54, 1.807) is 49.4 Å². The third-order valence-electron chi connectivity index (χ3n) is 4.00. The van der Waals surface area contributed by atoms with Crippen molar-refractivity contribution in [2.24, 2.45) is 0 Å². The smallest absolute Gasteiger partial charge is 0.150 e. The molecule has 0 bridgehead atoms. The molecule has 0 saturated carbocycles. The molecule has 25 heavy (non-hydrogen) atoms. The largest absolute Gasteiger partial charge is 0.298 e. The van der Waals surface area contributed by atoms with Crippen molar-refractivity contribution >= 4 is 6.29 Å².